The van der Waals surface area contributed by atoms with E-state index >= 15 is 0 Å². The van der Waals surface area contributed by atoms with Crippen LogP contribution in [0.25, 0.3) is 0 Å². The highest BCUT2D eigenvalue weighted by molar-refractivity contribution is 6.35. The van der Waals surface area contributed by atoms with E-state index in [4.69, 9.17) is 27.9 Å². The molecule has 2 rings (SSSR count). The Kier molecular flexibility index (Phi) is 8.86. The van der Waals surface area contributed by atoms with Crippen molar-refractivity contribution in [1.29, 1.82) is 0 Å². The molecule has 6 nitrogen and oxygen atoms in total. The van der Waals surface area contributed by atoms with Crippen LogP contribution in [0.3, 0.4) is 0 Å². The van der Waals surface area contributed by atoms with Gasteiger partial charge in [0.15, 0.2) is 6.10 Å². The fraction of sp³-hybridized carbons (Fsp3) is 0.600. The van der Waals surface area contributed by atoms with Crippen LogP contribution in [-0.4, -0.2) is 78.4 Å². The van der Waals surface area contributed by atoms with Crippen LogP contribution in [0, 0.1) is 0 Å². The minimum Gasteiger partial charge on any atom is -0.479 e. The van der Waals surface area contributed by atoms with Gasteiger partial charge in [-0.1, -0.05) is 23.2 Å². The van der Waals surface area contributed by atoms with Gasteiger partial charge in [0.25, 0.3) is 5.91 Å². The van der Waals surface area contributed by atoms with E-state index in [0.29, 0.717) is 42.0 Å². The van der Waals surface area contributed by atoms with E-state index in [9.17, 15) is 9.59 Å². The Morgan fingerprint density at radius 3 is 2.50 bits per heavy atom. The zero-order valence-corrected chi connectivity index (χ0v) is 18.3. The Balaban J connectivity index is 1.90. The molecule has 1 aliphatic rings. The zero-order chi connectivity index (χ0) is 20.7. The SMILES string of the molecule is CCN(CC)C(=O)CN1CCCN(C(=O)[C@@H](C)Oc2ccc(Cl)cc2Cl)CC1. The molecule has 1 aromatic rings. The quantitative estimate of drug-likeness (QED) is 0.667. The third-order valence-corrected chi connectivity index (χ3v) is 5.45. The summed E-state index contributed by atoms with van der Waals surface area (Å²) in [7, 11) is 0. The second-order valence-electron chi connectivity index (χ2n) is 6.86. The van der Waals surface area contributed by atoms with Gasteiger partial charge in [0, 0.05) is 44.3 Å². The molecule has 0 unspecified atom stereocenters. The lowest BCUT2D eigenvalue weighted by Gasteiger charge is -2.26. The molecule has 0 aromatic heterocycles. The Hall–Kier alpha value is -1.50. The number of likely N-dealkylation sites (N-methyl/N-ethyl adjacent to an activating group) is 1. The summed E-state index contributed by atoms with van der Waals surface area (Å²) < 4.78 is 5.75. The predicted octanol–water partition coefficient (Wildman–Crippen LogP) is 3.16. The molecule has 1 heterocycles. The van der Waals surface area contributed by atoms with Gasteiger partial charge in [-0.2, -0.15) is 0 Å². The molecule has 0 spiro atoms. The van der Waals surface area contributed by atoms with E-state index < -0.39 is 6.10 Å². The molecular formula is C20H29Cl2N3O3. The van der Waals surface area contributed by atoms with E-state index in [1.807, 2.05) is 18.7 Å². The second kappa shape index (κ2) is 10.9. The number of amides is 2. The molecule has 0 saturated carbocycles. The van der Waals surface area contributed by atoms with E-state index in [1.165, 1.54) is 0 Å². The Bertz CT molecular complexity index is 683. The van der Waals surface area contributed by atoms with Crippen molar-refractivity contribution in [2.75, 3.05) is 45.8 Å². The summed E-state index contributed by atoms with van der Waals surface area (Å²) in [4.78, 5) is 30.9. The van der Waals surface area contributed by atoms with E-state index in [2.05, 4.69) is 4.90 Å². The van der Waals surface area contributed by atoms with Crippen LogP contribution in [0.15, 0.2) is 18.2 Å². The summed E-state index contributed by atoms with van der Waals surface area (Å²) in [5, 5.41) is 0.896. The molecular weight excluding hydrogens is 401 g/mol. The van der Waals surface area contributed by atoms with Crippen molar-refractivity contribution >= 4 is 35.0 Å². The summed E-state index contributed by atoms with van der Waals surface area (Å²) in [6, 6.07) is 4.93. The van der Waals surface area contributed by atoms with Crippen molar-refractivity contribution in [2.24, 2.45) is 0 Å². The van der Waals surface area contributed by atoms with Crippen LogP contribution in [0.1, 0.15) is 27.2 Å². The first-order chi connectivity index (χ1) is 13.3. The maximum atomic E-state index is 12.8. The molecule has 1 atom stereocenters. The van der Waals surface area contributed by atoms with Crippen molar-refractivity contribution in [3.63, 3.8) is 0 Å². The summed E-state index contributed by atoms with van der Waals surface area (Å²) in [6.45, 7) is 10.2. The third kappa shape index (κ3) is 6.26. The number of carbonyl (C=O) groups excluding carboxylic acids is 2. The van der Waals surface area contributed by atoms with Gasteiger partial charge in [0.2, 0.25) is 5.91 Å². The number of hydrogen-bond acceptors (Lipinski definition) is 4. The third-order valence-electron chi connectivity index (χ3n) is 4.92. The first kappa shape index (κ1) is 22.8. The Morgan fingerprint density at radius 2 is 1.86 bits per heavy atom. The Morgan fingerprint density at radius 1 is 1.14 bits per heavy atom. The lowest BCUT2D eigenvalue weighted by molar-refractivity contribution is -0.137. The number of halogens is 2. The first-order valence-electron chi connectivity index (χ1n) is 9.76. The minimum atomic E-state index is -0.650. The molecule has 1 fully saturated rings. The summed E-state index contributed by atoms with van der Waals surface area (Å²) in [6.07, 6.45) is 0.175. The average molecular weight is 430 g/mol. The minimum absolute atomic E-state index is 0.0806. The normalized spacial score (nSPS) is 16.4. The molecule has 2 amide bonds. The van der Waals surface area contributed by atoms with Gasteiger partial charge in [-0.25, -0.2) is 0 Å². The van der Waals surface area contributed by atoms with E-state index in [-0.39, 0.29) is 11.8 Å². The number of rotatable bonds is 7. The topological polar surface area (TPSA) is 53.1 Å². The highest BCUT2D eigenvalue weighted by Gasteiger charge is 2.26. The molecule has 8 heteroatoms. The molecule has 1 aromatic carbocycles. The molecule has 1 saturated heterocycles. The predicted molar refractivity (Wildman–Crippen MR) is 112 cm³/mol. The summed E-state index contributed by atoms with van der Waals surface area (Å²) in [5.74, 6) is 0.495. The van der Waals surface area contributed by atoms with Crippen molar-refractivity contribution in [3.05, 3.63) is 28.2 Å². The Labute approximate surface area is 177 Å². The van der Waals surface area contributed by atoms with Gasteiger partial charge in [-0.15, -0.1) is 0 Å². The number of benzene rings is 1. The monoisotopic (exact) mass is 429 g/mol. The number of carbonyl (C=O) groups is 2. The number of ether oxygens (including phenoxy) is 1. The first-order valence-corrected chi connectivity index (χ1v) is 10.5. The van der Waals surface area contributed by atoms with Crippen molar-refractivity contribution in [3.8, 4) is 5.75 Å². The lowest BCUT2D eigenvalue weighted by Crippen LogP contribution is -2.44. The fourth-order valence-corrected chi connectivity index (χ4v) is 3.74. The molecule has 0 bridgehead atoms. The number of hydrogen-bond donors (Lipinski definition) is 0. The van der Waals surface area contributed by atoms with Crippen LogP contribution < -0.4 is 4.74 Å². The summed E-state index contributed by atoms with van der Waals surface area (Å²) >= 11 is 12.0. The molecule has 0 N–H and O–H groups in total. The summed E-state index contributed by atoms with van der Waals surface area (Å²) in [5.41, 5.74) is 0. The lowest BCUT2D eigenvalue weighted by atomic mass is 10.3. The van der Waals surface area contributed by atoms with Crippen molar-refractivity contribution < 1.29 is 14.3 Å². The van der Waals surface area contributed by atoms with Crippen LogP contribution in [0.2, 0.25) is 10.0 Å². The number of nitrogens with zero attached hydrogens (tertiary/aromatic N) is 3. The van der Waals surface area contributed by atoms with E-state index in [0.717, 1.165) is 26.1 Å². The van der Waals surface area contributed by atoms with Gasteiger partial charge in [0.05, 0.1) is 11.6 Å². The highest BCUT2D eigenvalue weighted by atomic mass is 35.5. The molecule has 0 radical (unpaired) electrons. The maximum Gasteiger partial charge on any atom is 0.263 e. The molecule has 0 aliphatic carbocycles. The molecule has 28 heavy (non-hydrogen) atoms. The molecule has 156 valence electrons. The van der Waals surface area contributed by atoms with Gasteiger partial charge in [-0.05, 0) is 45.4 Å². The highest BCUT2D eigenvalue weighted by Crippen LogP contribution is 2.28. The van der Waals surface area contributed by atoms with Crippen molar-refractivity contribution in [1.82, 2.24) is 14.7 Å². The van der Waals surface area contributed by atoms with E-state index in [1.54, 1.807) is 30.0 Å². The van der Waals surface area contributed by atoms with Gasteiger partial charge in [0.1, 0.15) is 5.75 Å². The largest absolute Gasteiger partial charge is 0.479 e. The van der Waals surface area contributed by atoms with Crippen LogP contribution in [0.4, 0.5) is 0 Å². The van der Waals surface area contributed by atoms with Gasteiger partial charge >= 0.3 is 0 Å². The van der Waals surface area contributed by atoms with Gasteiger partial charge < -0.3 is 14.5 Å². The van der Waals surface area contributed by atoms with Gasteiger partial charge in [-0.3, -0.25) is 14.5 Å². The second-order valence-corrected chi connectivity index (χ2v) is 7.70. The maximum absolute atomic E-state index is 12.8. The smallest absolute Gasteiger partial charge is 0.263 e. The van der Waals surface area contributed by atoms with Crippen molar-refractivity contribution in [2.45, 2.75) is 33.3 Å². The van der Waals surface area contributed by atoms with Crippen LogP contribution >= 0.6 is 23.2 Å². The molecule has 1 aliphatic heterocycles. The fourth-order valence-electron chi connectivity index (χ4n) is 3.29. The average Bonchev–Trinajstić information content (AvgIpc) is 2.90. The zero-order valence-electron chi connectivity index (χ0n) is 16.8. The van der Waals surface area contributed by atoms with Crippen LogP contribution in [0.5, 0.6) is 5.75 Å². The van der Waals surface area contributed by atoms with Crippen LogP contribution in [-0.2, 0) is 9.59 Å². The standard InChI is InChI=1S/C20H29Cl2N3O3/c1-4-24(5-2)19(26)14-23-9-6-10-25(12-11-23)20(27)15(3)28-18-8-7-16(21)13-17(18)22/h7-8,13,15H,4-6,9-12,14H2,1-3H3/t15-/m1/s1.